The molecule has 10 aromatic rings. The zero-order valence-electron chi connectivity index (χ0n) is 38.8. The predicted molar refractivity (Wildman–Crippen MR) is 301 cm³/mol. The highest BCUT2D eigenvalue weighted by atomic mass is 16.3. The van der Waals surface area contributed by atoms with Crippen molar-refractivity contribution in [3.05, 3.63) is 157 Å². The van der Waals surface area contributed by atoms with E-state index in [4.69, 9.17) is 4.42 Å². The van der Waals surface area contributed by atoms with Crippen molar-refractivity contribution in [1.82, 2.24) is 0 Å². The molecule has 0 spiro atoms. The van der Waals surface area contributed by atoms with Crippen molar-refractivity contribution in [2.24, 2.45) is 0 Å². The van der Waals surface area contributed by atoms with Gasteiger partial charge in [-0.15, -0.1) is 21.9 Å². The molecule has 9 heteroatoms. The fraction of sp³-hybridized carbons (Fsp3) is 0.0545. The molecule has 0 unspecified atom stereocenters. The van der Waals surface area contributed by atoms with Gasteiger partial charge < -0.3 is 4.42 Å². The molecule has 1 aliphatic carbocycles. The second kappa shape index (κ2) is 14.8. The first-order chi connectivity index (χ1) is 30.8. The minimum absolute atomic E-state index is 0.0820. The predicted octanol–water partition coefficient (Wildman–Crippen LogP) is 1.45. The van der Waals surface area contributed by atoms with E-state index in [-0.39, 0.29) is 5.41 Å². The molecule has 1 aliphatic rings. The van der Waals surface area contributed by atoms with Crippen LogP contribution in [-0.4, -0.2) is 62.8 Å². The second-order valence-electron chi connectivity index (χ2n) is 19.0. The third-order valence-electron chi connectivity index (χ3n) is 15.5. The summed E-state index contributed by atoms with van der Waals surface area (Å²) in [7, 11) is 18.6. The first-order valence-corrected chi connectivity index (χ1v) is 22.8. The molecule has 11 rings (SSSR count). The van der Waals surface area contributed by atoms with E-state index < -0.39 is 0 Å². The smallest absolute Gasteiger partial charge is 0.139 e. The zero-order chi connectivity index (χ0) is 44.3. The van der Waals surface area contributed by atoms with Crippen LogP contribution < -0.4 is 43.7 Å². The summed E-state index contributed by atoms with van der Waals surface area (Å²) < 4.78 is 6.75. The molecule has 0 saturated heterocycles. The van der Waals surface area contributed by atoms with E-state index in [1.807, 2.05) is 0 Å². The molecule has 0 saturated carbocycles. The van der Waals surface area contributed by atoms with Gasteiger partial charge in [0.2, 0.25) is 0 Å². The quantitative estimate of drug-likeness (QED) is 0.190. The maximum atomic E-state index is 6.75. The minimum atomic E-state index is -0.0820. The van der Waals surface area contributed by atoms with Crippen LogP contribution in [0.2, 0.25) is 0 Å². The molecule has 0 radical (unpaired) electrons. The van der Waals surface area contributed by atoms with E-state index in [9.17, 15) is 0 Å². The monoisotopic (exact) mass is 810 g/mol. The first-order valence-electron chi connectivity index (χ1n) is 22.8. The Labute approximate surface area is 384 Å². The maximum Gasteiger partial charge on any atom is 0.139 e. The van der Waals surface area contributed by atoms with Crippen molar-refractivity contribution >= 4 is 139 Å². The zero-order valence-corrected chi connectivity index (χ0v) is 38.8. The Kier molecular flexibility index (Phi) is 9.34. The van der Waals surface area contributed by atoms with Gasteiger partial charge in [-0.1, -0.05) is 157 Å². The molecule has 1 heterocycles. The summed E-state index contributed by atoms with van der Waals surface area (Å²) in [5.74, 6) is 0.895. The number of fused-ring (bicyclic) bond motifs is 6. The lowest BCUT2D eigenvalue weighted by molar-refractivity contribution is 0.630. The number of furan rings is 1. The summed E-state index contributed by atoms with van der Waals surface area (Å²) in [4.78, 5) is 0. The van der Waals surface area contributed by atoms with Crippen LogP contribution in [0.4, 0.5) is 0 Å². The van der Waals surface area contributed by atoms with Gasteiger partial charge in [0.1, 0.15) is 74.1 Å². The molecule has 0 bridgehead atoms. The molecule has 0 amide bonds. The van der Waals surface area contributed by atoms with Crippen LogP contribution in [0.1, 0.15) is 25.0 Å². The van der Waals surface area contributed by atoms with Gasteiger partial charge in [-0.2, -0.15) is 0 Å². The SMILES string of the molecule is Bc1c(B)c(B)c2c(-c3cccc(-c4cccc5oc(-c6ccc7c(c6)C(C)(C)c6ccccc6-7)cc45)c3)c3c(B)c(B)c(B)c(B)c3c(-c3ccc(-c4ccccc4)cc3)c2c1B. The third-order valence-corrected chi connectivity index (χ3v) is 15.5. The summed E-state index contributed by atoms with van der Waals surface area (Å²) in [6.07, 6.45) is 0. The normalized spacial score (nSPS) is 12.8. The number of hydrogen-bond acceptors (Lipinski definition) is 1. The minimum Gasteiger partial charge on any atom is -0.456 e. The van der Waals surface area contributed by atoms with Gasteiger partial charge in [-0.05, 0) is 113 Å². The highest BCUT2D eigenvalue weighted by Gasteiger charge is 2.35. The van der Waals surface area contributed by atoms with Gasteiger partial charge in [0.05, 0.1) is 0 Å². The summed E-state index contributed by atoms with van der Waals surface area (Å²) in [6, 6.07) is 53.8. The molecule has 0 fully saturated rings. The Hall–Kier alpha value is -6.44. The number of hydrogen-bond donors (Lipinski definition) is 0. The van der Waals surface area contributed by atoms with Crippen LogP contribution >= 0.6 is 0 Å². The molecule has 296 valence electrons. The van der Waals surface area contributed by atoms with Crippen LogP contribution in [0, 0.1) is 0 Å². The molecular formula is C55H46B8O. The average Bonchev–Trinajstić information content (AvgIpc) is 3.87. The summed E-state index contributed by atoms with van der Waals surface area (Å²) in [6.45, 7) is 4.68. The van der Waals surface area contributed by atoms with Crippen LogP contribution in [0.5, 0.6) is 0 Å². The Morgan fingerprint density at radius 3 is 1.45 bits per heavy atom. The second-order valence-corrected chi connectivity index (χ2v) is 19.0. The largest absolute Gasteiger partial charge is 0.456 e. The van der Waals surface area contributed by atoms with Crippen LogP contribution in [0.3, 0.4) is 0 Å². The standard InChI is InChI=1S/C55H46B8O/c1-55(2)37-16-7-6-14-34(37)35-23-22-31(25-38(35)55)40-26-36-33(15-9-17-39(36)64-40)30-12-8-13-32(24-30)42-45-43(47(56)51(60)53(62)49(45)58)41(44-46(42)50(59)54(63)52(61)48(44)57)29-20-18-28(19-21-29)27-10-4-3-5-11-27/h3-26H,56-63H2,1-2H3. The molecule has 64 heavy (non-hydrogen) atoms. The van der Waals surface area contributed by atoms with E-state index in [2.05, 4.69) is 222 Å². The van der Waals surface area contributed by atoms with Crippen molar-refractivity contribution in [2.45, 2.75) is 19.3 Å². The maximum absolute atomic E-state index is 6.75. The Morgan fingerprint density at radius 1 is 0.344 bits per heavy atom. The fourth-order valence-electron chi connectivity index (χ4n) is 11.3. The summed E-state index contributed by atoms with van der Waals surface area (Å²) >= 11 is 0. The highest BCUT2D eigenvalue weighted by Crippen LogP contribution is 2.50. The topological polar surface area (TPSA) is 13.1 Å². The fourth-order valence-corrected chi connectivity index (χ4v) is 11.3. The third kappa shape index (κ3) is 5.89. The van der Waals surface area contributed by atoms with Crippen LogP contribution in [0.15, 0.2) is 150 Å². The van der Waals surface area contributed by atoms with E-state index in [0.29, 0.717) is 0 Å². The lowest BCUT2D eigenvalue weighted by Gasteiger charge is -2.28. The summed E-state index contributed by atoms with van der Waals surface area (Å²) in [5.41, 5.74) is 28.1. The molecule has 0 aliphatic heterocycles. The average molecular weight is 809 g/mol. The Morgan fingerprint density at radius 2 is 0.812 bits per heavy atom. The van der Waals surface area contributed by atoms with Gasteiger partial charge in [0, 0.05) is 16.4 Å². The van der Waals surface area contributed by atoms with E-state index in [0.717, 1.165) is 22.3 Å². The lowest BCUT2D eigenvalue weighted by Crippen LogP contribution is -2.50. The number of rotatable bonds is 5. The molecule has 1 aromatic heterocycles. The van der Waals surface area contributed by atoms with Crippen LogP contribution in [-0.2, 0) is 5.41 Å². The number of benzene rings is 9. The molecule has 9 aromatic carbocycles. The van der Waals surface area contributed by atoms with E-state index >= 15 is 0 Å². The van der Waals surface area contributed by atoms with Gasteiger partial charge in [-0.3, -0.25) is 0 Å². The van der Waals surface area contributed by atoms with E-state index in [1.165, 1.54) is 132 Å². The highest BCUT2D eigenvalue weighted by molar-refractivity contribution is 6.71. The van der Waals surface area contributed by atoms with Crippen molar-refractivity contribution < 1.29 is 4.42 Å². The van der Waals surface area contributed by atoms with Gasteiger partial charge in [0.25, 0.3) is 0 Å². The van der Waals surface area contributed by atoms with Gasteiger partial charge in [0.15, 0.2) is 0 Å². The Balaban J connectivity index is 1.13. The first kappa shape index (κ1) is 40.3. The van der Waals surface area contributed by atoms with Gasteiger partial charge in [-0.25, -0.2) is 0 Å². The lowest BCUT2D eigenvalue weighted by atomic mass is 9.59. The Bertz CT molecular complexity index is 3530. The van der Waals surface area contributed by atoms with Crippen molar-refractivity contribution in [3.8, 4) is 67.0 Å². The van der Waals surface area contributed by atoms with Crippen molar-refractivity contribution in [2.75, 3.05) is 0 Å². The molecule has 1 nitrogen and oxygen atoms in total. The molecule has 0 atom stereocenters. The summed E-state index contributed by atoms with van der Waals surface area (Å²) in [5, 5.41) is 6.54. The molecular weight excluding hydrogens is 763 g/mol. The van der Waals surface area contributed by atoms with E-state index in [1.54, 1.807) is 0 Å². The van der Waals surface area contributed by atoms with Crippen molar-refractivity contribution in [3.63, 3.8) is 0 Å². The van der Waals surface area contributed by atoms with Gasteiger partial charge >= 0.3 is 0 Å². The molecule has 0 N–H and O–H groups in total. The van der Waals surface area contributed by atoms with Crippen LogP contribution in [0.25, 0.3) is 99.5 Å². The van der Waals surface area contributed by atoms with Crippen molar-refractivity contribution in [1.29, 1.82) is 0 Å².